The molecule has 77 heavy (non-hydrogen) atoms. The molecule has 2 aromatic heterocycles. The average Bonchev–Trinajstić information content (AvgIpc) is 3.47. The topological polar surface area (TPSA) is 427 Å². The summed E-state index contributed by atoms with van der Waals surface area (Å²) in [6.07, 6.45) is -0.444. The van der Waals surface area contributed by atoms with Crippen LogP contribution < -0.4 is 49.7 Å². The van der Waals surface area contributed by atoms with E-state index in [4.69, 9.17) is 31.8 Å². The van der Waals surface area contributed by atoms with E-state index in [2.05, 4.69) is 45.9 Å². The van der Waals surface area contributed by atoms with Crippen LogP contribution in [0.15, 0.2) is 128 Å². The van der Waals surface area contributed by atoms with E-state index in [0.29, 0.717) is 49.7 Å². The third kappa shape index (κ3) is 10.8. The van der Waals surface area contributed by atoms with E-state index in [1.807, 2.05) is 0 Å². The standard InChI is InChI=1S/C28H23N7O7.C24H18N6O5/c29-26-33-27(30)35-28(34-26)32-22(39)10-9-21(38)31-12-18-19(37)8-7-17-23(14-3-1-2-4-15(14)25(40)41)16-6-5-13(36)11-20(16)42-24(17)18;25-22-28-23(26)30-24(29-22)27-10-16-17(32)8-7-15-19(12-3-1-2-4-13(12)21(33)34)14-6-5-11(31)9-18(14)35-20(15)16/h1-8,11,37H,9-10,12H2,(H,31,38)(H,40,41)(H5,29,30,32,33,34,35,39);1-9,32H,10H2,(H,33,34)(H5,25,26,27,28,29,30). The Morgan fingerprint density at radius 2 is 0.922 bits per heavy atom. The second-order valence-electron chi connectivity index (χ2n) is 16.8. The molecule has 2 aliphatic heterocycles. The largest absolute Gasteiger partial charge is 0.507 e. The van der Waals surface area contributed by atoms with Gasteiger partial charge >= 0.3 is 11.9 Å². The van der Waals surface area contributed by atoms with Crippen LogP contribution in [0.3, 0.4) is 0 Å². The van der Waals surface area contributed by atoms with Crippen molar-refractivity contribution in [1.82, 2.24) is 35.2 Å². The van der Waals surface area contributed by atoms with Gasteiger partial charge in [-0.1, -0.05) is 36.4 Å². The number of nitrogens with two attached hydrogens (primary N) is 4. The highest BCUT2D eigenvalue weighted by molar-refractivity contribution is 6.10. The van der Waals surface area contributed by atoms with Gasteiger partial charge in [-0.25, -0.2) is 9.59 Å². The van der Waals surface area contributed by atoms with Crippen LogP contribution >= 0.6 is 0 Å². The molecule has 4 heterocycles. The third-order valence-corrected chi connectivity index (χ3v) is 11.8. The Bertz CT molecular complexity index is 4030. The van der Waals surface area contributed by atoms with Crippen molar-refractivity contribution in [3.63, 3.8) is 0 Å². The summed E-state index contributed by atoms with van der Waals surface area (Å²) in [4.78, 5) is 95.9. The molecule has 0 unspecified atom stereocenters. The van der Waals surface area contributed by atoms with Gasteiger partial charge in [0.25, 0.3) is 0 Å². The number of anilines is 6. The van der Waals surface area contributed by atoms with Crippen LogP contribution in [-0.2, 0) is 22.7 Å². The van der Waals surface area contributed by atoms with E-state index in [9.17, 15) is 49.2 Å². The lowest BCUT2D eigenvalue weighted by Crippen LogP contribution is -2.25. The Balaban J connectivity index is 0.000000191. The van der Waals surface area contributed by atoms with Crippen molar-refractivity contribution in [2.75, 3.05) is 33.6 Å². The number of nitrogen functional groups attached to an aromatic ring is 4. The zero-order valence-electron chi connectivity index (χ0n) is 39.8. The quantitative estimate of drug-likeness (QED) is 0.0654. The van der Waals surface area contributed by atoms with Gasteiger partial charge in [0, 0.05) is 58.0 Å². The van der Waals surface area contributed by atoms with Crippen molar-refractivity contribution >= 4 is 81.4 Å². The molecule has 25 heteroatoms. The summed E-state index contributed by atoms with van der Waals surface area (Å²) in [6, 6.07) is 27.5. The van der Waals surface area contributed by atoms with Crippen LogP contribution in [0.4, 0.5) is 35.7 Å². The summed E-state index contributed by atoms with van der Waals surface area (Å²) < 4.78 is 12.1. The maximum atomic E-state index is 12.6. The van der Waals surface area contributed by atoms with Gasteiger partial charge in [0.1, 0.15) is 34.2 Å². The highest BCUT2D eigenvalue weighted by Crippen LogP contribution is 2.45. The number of aromatic nitrogens is 6. The van der Waals surface area contributed by atoms with Crippen LogP contribution in [0, 0.1) is 0 Å². The first-order valence-corrected chi connectivity index (χ1v) is 22.8. The van der Waals surface area contributed by atoms with Gasteiger partial charge in [-0.2, -0.15) is 29.9 Å². The lowest BCUT2D eigenvalue weighted by Gasteiger charge is -2.19. The van der Waals surface area contributed by atoms with Crippen molar-refractivity contribution in [1.29, 1.82) is 0 Å². The minimum absolute atomic E-state index is 0.00183. The summed E-state index contributed by atoms with van der Waals surface area (Å²) >= 11 is 0. The van der Waals surface area contributed by atoms with Gasteiger partial charge in [0.05, 0.1) is 35.3 Å². The molecule has 0 saturated heterocycles. The molecular formula is C52H41N13O12. The normalized spacial score (nSPS) is 11.0. The summed E-state index contributed by atoms with van der Waals surface area (Å²) in [5.74, 6) is -3.80. The first kappa shape index (κ1) is 50.7. The second kappa shape index (κ2) is 21.1. The fraction of sp³-hybridized carbons (Fsp3) is 0.0769. The number of nitrogens with zero attached hydrogens (tertiary/aromatic N) is 6. The first-order chi connectivity index (χ1) is 36.9. The van der Waals surface area contributed by atoms with Gasteiger partial charge in [-0.05, 0) is 71.8 Å². The number of rotatable bonds is 13. The highest BCUT2D eigenvalue weighted by atomic mass is 16.4. The van der Waals surface area contributed by atoms with Crippen molar-refractivity contribution < 1.29 is 48.4 Å². The SMILES string of the molecule is Nc1nc(N)nc(NC(=O)CCC(=O)NCc2c(O)ccc3c(-c4ccccc4C(=O)O)c4ccc(=O)cc-4oc23)n1.Nc1nc(N)nc(NCc2c(O)ccc3c(-c4ccccc4C(=O)O)c4ccc(=O)cc-4oc23)n1. The van der Waals surface area contributed by atoms with Crippen molar-refractivity contribution in [2.45, 2.75) is 25.9 Å². The van der Waals surface area contributed by atoms with Crippen LogP contribution in [0.2, 0.25) is 0 Å². The Labute approximate surface area is 431 Å². The Morgan fingerprint density at radius 1 is 0.494 bits per heavy atom. The average molecular weight is 1040 g/mol. The number of nitrogens with one attached hydrogen (secondary N) is 3. The molecule has 0 bridgehead atoms. The number of aromatic carboxylic acids is 2. The fourth-order valence-electron chi connectivity index (χ4n) is 8.47. The maximum Gasteiger partial charge on any atom is 0.336 e. The van der Waals surface area contributed by atoms with Crippen molar-refractivity contribution in [3.8, 4) is 56.4 Å². The minimum Gasteiger partial charge on any atom is -0.507 e. The molecule has 0 radical (unpaired) electrons. The molecule has 4 aromatic carbocycles. The second-order valence-corrected chi connectivity index (χ2v) is 16.8. The molecule has 4 aliphatic rings. The number of amides is 2. The molecule has 0 fully saturated rings. The fourth-order valence-corrected chi connectivity index (χ4v) is 8.47. The number of phenols is 2. The maximum absolute atomic E-state index is 12.6. The van der Waals surface area contributed by atoms with Crippen molar-refractivity contribution in [3.05, 3.63) is 152 Å². The van der Waals surface area contributed by atoms with Gasteiger partial charge in [-0.3, -0.25) is 24.5 Å². The third-order valence-electron chi connectivity index (χ3n) is 11.8. The number of fused-ring (bicyclic) bond motifs is 4. The predicted molar refractivity (Wildman–Crippen MR) is 281 cm³/mol. The van der Waals surface area contributed by atoms with Gasteiger partial charge in [-0.15, -0.1) is 0 Å². The smallest absolute Gasteiger partial charge is 0.336 e. The number of carboxylic acid groups (broad SMARTS) is 2. The van der Waals surface area contributed by atoms with E-state index in [-0.39, 0.29) is 123 Å². The molecule has 0 atom stereocenters. The van der Waals surface area contributed by atoms with E-state index >= 15 is 0 Å². The number of carbonyl (C=O) groups excluding carboxylic acids is 2. The van der Waals surface area contributed by atoms with E-state index in [1.54, 1.807) is 60.7 Å². The van der Waals surface area contributed by atoms with E-state index in [0.717, 1.165) is 0 Å². The van der Waals surface area contributed by atoms with E-state index in [1.165, 1.54) is 48.5 Å². The molecule has 2 aliphatic carbocycles. The number of carboxylic acids is 2. The molecule has 0 spiro atoms. The van der Waals surface area contributed by atoms with Gasteiger partial charge < -0.3 is 62.8 Å². The molecular weight excluding hydrogens is 999 g/mol. The number of hydrogen-bond acceptors (Lipinski definition) is 21. The van der Waals surface area contributed by atoms with Gasteiger partial charge in [0.2, 0.25) is 47.5 Å². The Kier molecular flexibility index (Phi) is 13.9. The Morgan fingerprint density at radius 3 is 1.39 bits per heavy atom. The molecule has 386 valence electrons. The number of aromatic hydroxyl groups is 2. The molecule has 2 amide bonds. The lowest BCUT2D eigenvalue weighted by molar-refractivity contribution is -0.124. The number of benzene rings is 6. The lowest BCUT2D eigenvalue weighted by atomic mass is 9.90. The van der Waals surface area contributed by atoms with Crippen LogP contribution in [0.25, 0.3) is 66.8 Å². The van der Waals surface area contributed by atoms with E-state index < -0.39 is 23.8 Å². The van der Waals surface area contributed by atoms with Crippen molar-refractivity contribution in [2.24, 2.45) is 0 Å². The van der Waals surface area contributed by atoms with Crippen LogP contribution in [0.1, 0.15) is 44.7 Å². The monoisotopic (exact) mass is 1040 g/mol. The number of hydrogen-bond donors (Lipinski definition) is 11. The first-order valence-electron chi connectivity index (χ1n) is 22.8. The highest BCUT2D eigenvalue weighted by Gasteiger charge is 2.26. The van der Waals surface area contributed by atoms with Crippen LogP contribution in [-0.4, -0.2) is 74.1 Å². The molecule has 10 rings (SSSR count). The summed E-state index contributed by atoms with van der Waals surface area (Å²) in [5, 5.41) is 50.0. The number of carbonyl (C=O) groups is 4. The zero-order valence-corrected chi connectivity index (χ0v) is 39.8. The molecule has 25 nitrogen and oxygen atoms in total. The number of phenolic OH excluding ortho intramolecular Hbond substituents is 2. The summed E-state index contributed by atoms with van der Waals surface area (Å²) in [5.41, 5.74) is 25.5. The van der Waals surface area contributed by atoms with Crippen LogP contribution in [0.5, 0.6) is 11.5 Å². The summed E-state index contributed by atoms with van der Waals surface area (Å²) in [7, 11) is 0. The zero-order chi connectivity index (χ0) is 54.7. The Hall–Kier alpha value is -11.2. The minimum atomic E-state index is -1.15. The van der Waals surface area contributed by atoms with Gasteiger partial charge in [0.15, 0.2) is 10.9 Å². The molecule has 6 aromatic rings. The molecule has 0 saturated carbocycles. The summed E-state index contributed by atoms with van der Waals surface area (Å²) in [6.45, 7) is -0.200. The predicted octanol–water partition coefficient (Wildman–Crippen LogP) is 5.28. The molecule has 15 N–H and O–H groups in total.